The molecule has 2 aromatic rings. The van der Waals surface area contributed by atoms with E-state index in [1.807, 2.05) is 13.2 Å². The van der Waals surface area contributed by atoms with E-state index < -0.39 is 0 Å². The predicted octanol–water partition coefficient (Wildman–Crippen LogP) is 1.84. The lowest BCUT2D eigenvalue weighted by molar-refractivity contribution is 0.199. The van der Waals surface area contributed by atoms with Crippen LogP contribution in [0.25, 0.3) is 0 Å². The number of hydrogen-bond donors (Lipinski definition) is 1. The quantitative estimate of drug-likeness (QED) is 0.594. The highest BCUT2D eigenvalue weighted by Crippen LogP contribution is 2.21. The van der Waals surface area contributed by atoms with Crippen LogP contribution in [-0.4, -0.2) is 35.3 Å². The Morgan fingerprint density at radius 3 is 2.75 bits per heavy atom. The molecule has 1 aromatic heterocycles. The largest absolute Gasteiger partial charge is 0.383 e. The van der Waals surface area contributed by atoms with Crippen molar-refractivity contribution in [3.8, 4) is 0 Å². The average molecular weight is 292 g/mol. The van der Waals surface area contributed by atoms with Crippen LogP contribution in [0.4, 0.5) is 0 Å². The van der Waals surface area contributed by atoms with Crippen LogP contribution in [0.5, 0.6) is 0 Å². The van der Waals surface area contributed by atoms with Crippen molar-refractivity contribution >= 4 is 11.8 Å². The molecule has 0 atom stereocenters. The van der Waals surface area contributed by atoms with E-state index in [1.165, 1.54) is 10.5 Å². The van der Waals surface area contributed by atoms with Crippen LogP contribution in [0.1, 0.15) is 11.3 Å². The van der Waals surface area contributed by atoms with Gasteiger partial charge in [0.15, 0.2) is 0 Å². The van der Waals surface area contributed by atoms with E-state index in [-0.39, 0.29) is 0 Å². The molecule has 20 heavy (non-hydrogen) atoms. The van der Waals surface area contributed by atoms with Crippen molar-refractivity contribution in [2.45, 2.75) is 17.2 Å². The van der Waals surface area contributed by atoms with Gasteiger partial charge in [0.25, 0.3) is 0 Å². The van der Waals surface area contributed by atoms with Crippen LogP contribution >= 0.6 is 11.8 Å². The maximum Gasteiger partial charge on any atom is 0.0929 e. The third-order valence-electron chi connectivity index (χ3n) is 2.77. The highest BCUT2D eigenvalue weighted by Gasteiger charge is 2.00. The number of benzene rings is 1. The van der Waals surface area contributed by atoms with Crippen LogP contribution in [-0.2, 0) is 24.1 Å². The molecule has 0 radical (unpaired) electrons. The summed E-state index contributed by atoms with van der Waals surface area (Å²) in [5, 5.41) is 11.3. The molecular weight excluding hydrogens is 272 g/mol. The molecule has 108 valence electrons. The van der Waals surface area contributed by atoms with Crippen LogP contribution in [0, 0.1) is 0 Å². The first-order valence-electron chi connectivity index (χ1n) is 6.54. The molecule has 1 aromatic carbocycles. The molecule has 0 aliphatic carbocycles. The lowest BCUT2D eigenvalue weighted by Gasteiger charge is -2.05. The molecule has 0 saturated heterocycles. The first-order valence-corrected chi connectivity index (χ1v) is 7.53. The Morgan fingerprint density at radius 1 is 1.30 bits per heavy atom. The van der Waals surface area contributed by atoms with E-state index in [2.05, 4.69) is 39.9 Å². The van der Waals surface area contributed by atoms with Crippen molar-refractivity contribution in [3.63, 3.8) is 0 Å². The number of methoxy groups -OCH3 is 1. The summed E-state index contributed by atoms with van der Waals surface area (Å²) in [4.78, 5) is 1.25. The van der Waals surface area contributed by atoms with Crippen molar-refractivity contribution in [2.24, 2.45) is 7.05 Å². The van der Waals surface area contributed by atoms with Gasteiger partial charge in [0.1, 0.15) is 0 Å². The first-order chi connectivity index (χ1) is 9.78. The second kappa shape index (κ2) is 8.04. The average Bonchev–Trinajstić information content (AvgIpc) is 2.88. The fraction of sp³-hybridized carbons (Fsp3) is 0.429. The molecule has 0 spiro atoms. The standard InChI is InChI=1S/C14H20N4OS/c1-18-10-13(16-17-18)11-20-14-5-3-12(4-6-14)9-15-7-8-19-2/h3-6,10,15H,7-9,11H2,1-2H3. The highest BCUT2D eigenvalue weighted by atomic mass is 32.2. The van der Waals surface area contributed by atoms with Crippen molar-refractivity contribution in [3.05, 3.63) is 41.7 Å². The second-order valence-electron chi connectivity index (χ2n) is 4.49. The number of nitrogens with zero attached hydrogens (tertiary/aromatic N) is 3. The predicted molar refractivity (Wildman–Crippen MR) is 80.6 cm³/mol. The molecule has 0 aliphatic rings. The molecule has 0 unspecified atom stereocenters. The molecule has 5 nitrogen and oxygen atoms in total. The van der Waals surface area contributed by atoms with E-state index in [0.717, 1.165) is 31.1 Å². The Morgan fingerprint density at radius 2 is 2.10 bits per heavy atom. The molecule has 0 bridgehead atoms. The Balaban J connectivity index is 1.76. The van der Waals surface area contributed by atoms with Crippen LogP contribution in [0.15, 0.2) is 35.4 Å². The number of aryl methyl sites for hydroxylation is 1. The van der Waals surface area contributed by atoms with E-state index in [0.29, 0.717) is 0 Å². The smallest absolute Gasteiger partial charge is 0.0929 e. The Bertz CT molecular complexity index is 512. The topological polar surface area (TPSA) is 52.0 Å². The van der Waals surface area contributed by atoms with E-state index in [4.69, 9.17) is 4.74 Å². The fourth-order valence-electron chi connectivity index (χ4n) is 1.73. The molecular formula is C14H20N4OS. The molecule has 6 heteroatoms. The third-order valence-corrected chi connectivity index (χ3v) is 3.82. The maximum atomic E-state index is 5.00. The Kier molecular flexibility index (Phi) is 6.04. The van der Waals surface area contributed by atoms with Crippen LogP contribution in [0.3, 0.4) is 0 Å². The first kappa shape index (κ1) is 15.0. The van der Waals surface area contributed by atoms with Crippen molar-refractivity contribution in [1.29, 1.82) is 0 Å². The monoisotopic (exact) mass is 292 g/mol. The summed E-state index contributed by atoms with van der Waals surface area (Å²) in [6.07, 6.45) is 1.95. The van der Waals surface area contributed by atoms with Crippen molar-refractivity contribution in [2.75, 3.05) is 20.3 Å². The fourth-order valence-corrected chi connectivity index (χ4v) is 2.50. The summed E-state index contributed by atoms with van der Waals surface area (Å²) in [7, 11) is 3.59. The lowest BCUT2D eigenvalue weighted by Crippen LogP contribution is -2.18. The van der Waals surface area contributed by atoms with Gasteiger partial charge in [-0.1, -0.05) is 17.3 Å². The molecule has 1 N–H and O–H groups in total. The van der Waals surface area contributed by atoms with Gasteiger partial charge in [-0.3, -0.25) is 4.68 Å². The van der Waals surface area contributed by atoms with Gasteiger partial charge in [-0.05, 0) is 17.7 Å². The van der Waals surface area contributed by atoms with Gasteiger partial charge in [0, 0.05) is 44.1 Å². The van der Waals surface area contributed by atoms with Crippen LogP contribution < -0.4 is 5.32 Å². The zero-order valence-electron chi connectivity index (χ0n) is 11.9. The summed E-state index contributed by atoms with van der Waals surface area (Å²) in [5.74, 6) is 0.847. The SMILES string of the molecule is COCCNCc1ccc(SCc2cn(C)nn2)cc1. The van der Waals surface area contributed by atoms with Gasteiger partial charge >= 0.3 is 0 Å². The molecule has 0 aliphatic heterocycles. The van der Waals surface area contributed by atoms with E-state index in [9.17, 15) is 0 Å². The van der Waals surface area contributed by atoms with Crippen molar-refractivity contribution < 1.29 is 4.74 Å². The molecule has 0 fully saturated rings. The highest BCUT2D eigenvalue weighted by molar-refractivity contribution is 7.98. The van der Waals surface area contributed by atoms with Gasteiger partial charge < -0.3 is 10.1 Å². The minimum absolute atomic E-state index is 0.742. The van der Waals surface area contributed by atoms with Crippen LogP contribution in [0.2, 0.25) is 0 Å². The minimum atomic E-state index is 0.742. The number of ether oxygens (including phenoxy) is 1. The Hall–Kier alpha value is -1.37. The van der Waals surface area contributed by atoms with Gasteiger partial charge in [0.2, 0.25) is 0 Å². The molecule has 1 heterocycles. The van der Waals surface area contributed by atoms with Gasteiger partial charge in [0.05, 0.1) is 12.3 Å². The summed E-state index contributed by atoms with van der Waals surface area (Å²) in [5.41, 5.74) is 2.28. The summed E-state index contributed by atoms with van der Waals surface area (Å²) >= 11 is 1.77. The molecule has 2 rings (SSSR count). The number of aromatic nitrogens is 3. The van der Waals surface area contributed by atoms with Gasteiger partial charge in [-0.2, -0.15) is 0 Å². The zero-order chi connectivity index (χ0) is 14.2. The van der Waals surface area contributed by atoms with Gasteiger partial charge in [-0.25, -0.2) is 0 Å². The van der Waals surface area contributed by atoms with Gasteiger partial charge in [-0.15, -0.1) is 16.9 Å². The minimum Gasteiger partial charge on any atom is -0.383 e. The number of rotatable bonds is 8. The second-order valence-corrected chi connectivity index (χ2v) is 5.53. The maximum absolute atomic E-state index is 5.00. The molecule has 0 saturated carbocycles. The third kappa shape index (κ3) is 4.96. The number of hydrogen-bond acceptors (Lipinski definition) is 5. The Labute approximate surface area is 123 Å². The summed E-state index contributed by atoms with van der Waals surface area (Å²) < 4.78 is 6.72. The van der Waals surface area contributed by atoms with E-state index in [1.54, 1.807) is 23.6 Å². The lowest BCUT2D eigenvalue weighted by atomic mass is 10.2. The normalized spacial score (nSPS) is 10.9. The molecule has 0 amide bonds. The number of thioether (sulfide) groups is 1. The summed E-state index contributed by atoms with van der Waals surface area (Å²) in [6, 6.07) is 8.60. The zero-order valence-corrected chi connectivity index (χ0v) is 12.7. The van der Waals surface area contributed by atoms with Crippen molar-refractivity contribution in [1.82, 2.24) is 20.3 Å². The summed E-state index contributed by atoms with van der Waals surface area (Å²) in [6.45, 7) is 2.49. The van der Waals surface area contributed by atoms with E-state index >= 15 is 0 Å². The number of nitrogens with one attached hydrogen (secondary N) is 1.